The van der Waals surface area contributed by atoms with E-state index in [2.05, 4.69) is 5.32 Å². The van der Waals surface area contributed by atoms with Crippen molar-refractivity contribution in [1.82, 2.24) is 0 Å². The first-order chi connectivity index (χ1) is 10.7. The van der Waals surface area contributed by atoms with Gasteiger partial charge >= 0.3 is 0 Å². The molecule has 0 saturated carbocycles. The van der Waals surface area contributed by atoms with E-state index in [1.165, 1.54) is 30.4 Å². The Morgan fingerprint density at radius 2 is 1.74 bits per heavy atom. The maximum atomic E-state index is 11.9. The lowest BCUT2D eigenvalue weighted by Crippen LogP contribution is -2.13. The molecule has 0 aliphatic carbocycles. The Balaban J connectivity index is 2.12. The number of sulfonamides is 1. The molecule has 120 valence electrons. The molecule has 0 radical (unpaired) electrons. The van der Waals surface area contributed by atoms with Gasteiger partial charge in [0.1, 0.15) is 0 Å². The largest absolute Gasteiger partial charge is 0.322 e. The smallest absolute Gasteiger partial charge is 0.248 e. The van der Waals surface area contributed by atoms with Crippen molar-refractivity contribution in [1.29, 1.82) is 0 Å². The summed E-state index contributed by atoms with van der Waals surface area (Å²) in [5, 5.41) is 8.50. The van der Waals surface area contributed by atoms with Crippen LogP contribution in [0.15, 0.2) is 53.4 Å². The third-order valence-corrected chi connectivity index (χ3v) is 4.09. The van der Waals surface area contributed by atoms with E-state index in [9.17, 15) is 13.2 Å². The first kappa shape index (κ1) is 17.5. The average Bonchev–Trinajstić information content (AvgIpc) is 2.43. The number of benzene rings is 2. The van der Waals surface area contributed by atoms with Gasteiger partial charge in [0.05, 0.1) is 4.90 Å². The number of rotatable bonds is 4. The van der Waals surface area contributed by atoms with Gasteiger partial charge in [0.15, 0.2) is 0 Å². The summed E-state index contributed by atoms with van der Waals surface area (Å²) in [5.41, 5.74) is 0.978. The Hall–Kier alpha value is -1.86. The molecule has 2 aromatic carbocycles. The monoisotopic (exact) mass is 370 g/mol. The fraction of sp³-hybridized carbons (Fsp3) is 0. The molecule has 0 aliphatic heterocycles. The van der Waals surface area contributed by atoms with Crippen LogP contribution in [-0.2, 0) is 14.8 Å². The highest BCUT2D eigenvalue weighted by molar-refractivity contribution is 7.89. The number of nitrogens with two attached hydrogens (primary N) is 1. The number of nitrogens with one attached hydrogen (secondary N) is 1. The van der Waals surface area contributed by atoms with Crippen LogP contribution in [0.25, 0.3) is 6.08 Å². The molecule has 0 fully saturated rings. The Labute approximate surface area is 143 Å². The van der Waals surface area contributed by atoms with Gasteiger partial charge in [-0.1, -0.05) is 29.3 Å². The highest BCUT2D eigenvalue weighted by Crippen LogP contribution is 2.20. The van der Waals surface area contributed by atoms with Gasteiger partial charge in [-0.3, -0.25) is 4.79 Å². The molecule has 0 heterocycles. The van der Waals surface area contributed by atoms with Crippen LogP contribution in [0.2, 0.25) is 10.0 Å². The van der Waals surface area contributed by atoms with E-state index in [1.54, 1.807) is 24.3 Å². The van der Waals surface area contributed by atoms with Gasteiger partial charge in [0.2, 0.25) is 15.9 Å². The molecule has 8 heteroatoms. The van der Waals surface area contributed by atoms with Crippen LogP contribution in [0.5, 0.6) is 0 Å². The third-order valence-electron chi connectivity index (χ3n) is 2.74. The van der Waals surface area contributed by atoms with Crippen molar-refractivity contribution in [3.63, 3.8) is 0 Å². The van der Waals surface area contributed by atoms with Gasteiger partial charge in [-0.25, -0.2) is 13.6 Å². The minimum atomic E-state index is -3.82. The Bertz CT molecular complexity index is 860. The number of carbonyl (C=O) groups is 1. The second kappa shape index (κ2) is 7.14. The van der Waals surface area contributed by atoms with Gasteiger partial charge in [0, 0.05) is 21.8 Å². The zero-order chi connectivity index (χ0) is 17.0. The fourth-order valence-electron chi connectivity index (χ4n) is 1.78. The SMILES string of the molecule is NS(=O)(=O)c1cccc(NC(=O)/C=C/c2cc(Cl)cc(Cl)c2)c1. The Kier molecular flexibility index (Phi) is 5.43. The quantitative estimate of drug-likeness (QED) is 0.809. The van der Waals surface area contributed by atoms with Crippen LogP contribution in [-0.4, -0.2) is 14.3 Å². The van der Waals surface area contributed by atoms with Crippen molar-refractivity contribution in [3.05, 3.63) is 64.1 Å². The number of hydrogen-bond acceptors (Lipinski definition) is 3. The molecular formula is C15H12Cl2N2O3S. The van der Waals surface area contributed by atoms with Crippen LogP contribution in [0.4, 0.5) is 5.69 Å². The van der Waals surface area contributed by atoms with Gasteiger partial charge in [-0.05, 0) is 48.0 Å². The summed E-state index contributed by atoms with van der Waals surface area (Å²) in [6, 6.07) is 10.5. The summed E-state index contributed by atoms with van der Waals surface area (Å²) in [6.45, 7) is 0. The predicted octanol–water partition coefficient (Wildman–Crippen LogP) is 3.29. The number of halogens is 2. The maximum absolute atomic E-state index is 11.9. The molecule has 0 aromatic heterocycles. The number of anilines is 1. The second-order valence-electron chi connectivity index (χ2n) is 4.60. The lowest BCUT2D eigenvalue weighted by atomic mass is 10.2. The van der Waals surface area contributed by atoms with Crippen LogP contribution in [0.1, 0.15) is 5.56 Å². The van der Waals surface area contributed by atoms with Crippen LogP contribution in [0, 0.1) is 0 Å². The van der Waals surface area contributed by atoms with E-state index in [4.69, 9.17) is 28.3 Å². The summed E-state index contributed by atoms with van der Waals surface area (Å²) < 4.78 is 22.5. The summed E-state index contributed by atoms with van der Waals surface area (Å²) >= 11 is 11.7. The number of hydrogen-bond donors (Lipinski definition) is 2. The Morgan fingerprint density at radius 3 is 2.35 bits per heavy atom. The molecule has 2 aromatic rings. The van der Waals surface area contributed by atoms with E-state index in [1.807, 2.05) is 0 Å². The summed E-state index contributed by atoms with van der Waals surface area (Å²) in [7, 11) is -3.82. The van der Waals surface area contributed by atoms with Crippen molar-refractivity contribution in [2.75, 3.05) is 5.32 Å². The zero-order valence-corrected chi connectivity index (χ0v) is 14.0. The van der Waals surface area contributed by atoms with E-state index in [-0.39, 0.29) is 4.90 Å². The number of carbonyl (C=O) groups excluding carboxylic acids is 1. The summed E-state index contributed by atoms with van der Waals surface area (Å²) in [4.78, 5) is 11.8. The lowest BCUT2D eigenvalue weighted by molar-refractivity contribution is -0.111. The highest BCUT2D eigenvalue weighted by Gasteiger charge is 2.08. The fourth-order valence-corrected chi connectivity index (χ4v) is 2.88. The topological polar surface area (TPSA) is 89.3 Å². The van der Waals surface area contributed by atoms with Crippen LogP contribution >= 0.6 is 23.2 Å². The van der Waals surface area contributed by atoms with Crippen molar-refractivity contribution in [3.8, 4) is 0 Å². The first-order valence-corrected chi connectivity index (χ1v) is 8.62. The molecule has 0 bridgehead atoms. The molecule has 23 heavy (non-hydrogen) atoms. The average molecular weight is 371 g/mol. The molecular weight excluding hydrogens is 359 g/mol. The van der Waals surface area contributed by atoms with Crippen LogP contribution < -0.4 is 10.5 Å². The molecule has 0 aliphatic rings. The zero-order valence-electron chi connectivity index (χ0n) is 11.7. The highest BCUT2D eigenvalue weighted by atomic mass is 35.5. The van der Waals surface area contributed by atoms with Gasteiger partial charge in [0.25, 0.3) is 0 Å². The maximum Gasteiger partial charge on any atom is 0.248 e. The predicted molar refractivity (Wildman–Crippen MR) is 91.9 cm³/mol. The lowest BCUT2D eigenvalue weighted by Gasteiger charge is -2.04. The molecule has 2 rings (SSSR count). The standard InChI is InChI=1S/C15H12Cl2N2O3S/c16-11-6-10(7-12(17)8-11)4-5-15(20)19-13-2-1-3-14(9-13)23(18,21)22/h1-9H,(H,19,20)(H2,18,21,22)/b5-4+. The molecule has 0 saturated heterocycles. The van der Waals surface area contributed by atoms with Crippen molar-refractivity contribution < 1.29 is 13.2 Å². The minimum absolute atomic E-state index is 0.0825. The first-order valence-electron chi connectivity index (χ1n) is 6.32. The third kappa shape index (κ3) is 5.37. The second-order valence-corrected chi connectivity index (χ2v) is 7.03. The van der Waals surface area contributed by atoms with Crippen molar-refractivity contribution in [2.24, 2.45) is 5.14 Å². The number of amides is 1. The number of primary sulfonamides is 1. The van der Waals surface area contributed by atoms with E-state index < -0.39 is 15.9 Å². The summed E-state index contributed by atoms with van der Waals surface area (Å²) in [6.07, 6.45) is 2.82. The minimum Gasteiger partial charge on any atom is -0.322 e. The van der Waals surface area contributed by atoms with Crippen LogP contribution in [0.3, 0.4) is 0 Å². The van der Waals surface area contributed by atoms with Crippen molar-refractivity contribution >= 4 is 50.9 Å². The van der Waals surface area contributed by atoms with E-state index in [0.717, 1.165) is 0 Å². The molecule has 5 nitrogen and oxygen atoms in total. The molecule has 3 N–H and O–H groups in total. The van der Waals surface area contributed by atoms with E-state index >= 15 is 0 Å². The van der Waals surface area contributed by atoms with E-state index in [0.29, 0.717) is 21.3 Å². The molecule has 0 spiro atoms. The molecule has 0 unspecified atom stereocenters. The summed E-state index contributed by atoms with van der Waals surface area (Å²) in [5.74, 6) is -0.437. The van der Waals surface area contributed by atoms with Crippen molar-refractivity contribution in [2.45, 2.75) is 4.90 Å². The van der Waals surface area contributed by atoms with Gasteiger partial charge in [-0.2, -0.15) is 0 Å². The molecule has 1 amide bonds. The van der Waals surface area contributed by atoms with Gasteiger partial charge in [-0.15, -0.1) is 0 Å². The normalized spacial score (nSPS) is 11.6. The van der Waals surface area contributed by atoms with Gasteiger partial charge < -0.3 is 5.32 Å². The Morgan fingerprint density at radius 1 is 1.09 bits per heavy atom. The molecule has 0 atom stereocenters.